The maximum absolute atomic E-state index is 14.1. The van der Waals surface area contributed by atoms with Gasteiger partial charge in [0.25, 0.3) is 0 Å². The van der Waals surface area contributed by atoms with Crippen molar-refractivity contribution in [3.63, 3.8) is 0 Å². The normalized spacial score (nSPS) is 16.1. The summed E-state index contributed by atoms with van der Waals surface area (Å²) in [6, 6.07) is 8.09. The Morgan fingerprint density at radius 3 is 2.65 bits per heavy atom. The highest BCUT2D eigenvalue weighted by Crippen LogP contribution is 2.24. The van der Waals surface area contributed by atoms with Crippen LogP contribution in [0.2, 0.25) is 0 Å². The number of hydrogen-bond acceptors (Lipinski definition) is 7. The van der Waals surface area contributed by atoms with Crippen molar-refractivity contribution in [3.8, 4) is 6.07 Å². The molecule has 9 heteroatoms. The van der Waals surface area contributed by atoms with Crippen LogP contribution < -0.4 is 11.1 Å². The number of amides is 1. The zero-order valence-electron chi connectivity index (χ0n) is 20.1. The summed E-state index contributed by atoms with van der Waals surface area (Å²) in [6.07, 6.45) is 5.82. The van der Waals surface area contributed by atoms with Gasteiger partial charge >= 0.3 is 0 Å². The first-order chi connectivity index (χ1) is 16.1. The number of anilines is 2. The molecule has 1 fully saturated rings. The molecule has 0 radical (unpaired) electrons. The minimum absolute atomic E-state index is 0.0135. The Bertz CT molecular complexity index is 1090. The monoisotopic (exact) mass is 465 g/mol. The number of aromatic nitrogens is 2. The first-order valence-electron chi connectivity index (χ1n) is 11.1. The number of nitriles is 1. The van der Waals surface area contributed by atoms with E-state index >= 15 is 0 Å². The SMILES string of the molecule is C/C(C#N)=C/C(C)(C)C.N=C(c1ccccc1F)c1c(N)ncnc1NC1CCCN(C=O)C1. The van der Waals surface area contributed by atoms with Gasteiger partial charge in [-0.05, 0) is 37.3 Å². The summed E-state index contributed by atoms with van der Waals surface area (Å²) in [4.78, 5) is 20.8. The van der Waals surface area contributed by atoms with Gasteiger partial charge in [0.2, 0.25) is 6.41 Å². The maximum Gasteiger partial charge on any atom is 0.209 e. The number of rotatable bonds is 5. The number of nitrogens with two attached hydrogens (primary N) is 1. The first-order valence-corrected chi connectivity index (χ1v) is 11.1. The van der Waals surface area contributed by atoms with Crippen molar-refractivity contribution < 1.29 is 9.18 Å². The van der Waals surface area contributed by atoms with E-state index in [1.807, 2.05) is 13.0 Å². The molecule has 1 amide bonds. The summed E-state index contributed by atoms with van der Waals surface area (Å²) < 4.78 is 14.1. The van der Waals surface area contributed by atoms with Crippen molar-refractivity contribution in [2.45, 2.75) is 46.6 Å². The third-order valence-electron chi connectivity index (χ3n) is 5.04. The fourth-order valence-corrected chi connectivity index (χ4v) is 3.65. The third kappa shape index (κ3) is 7.66. The summed E-state index contributed by atoms with van der Waals surface area (Å²) in [6.45, 7) is 9.33. The summed E-state index contributed by atoms with van der Waals surface area (Å²) >= 11 is 0. The molecule has 0 aliphatic carbocycles. The summed E-state index contributed by atoms with van der Waals surface area (Å²) in [5.74, 6) is -0.0289. The van der Waals surface area contributed by atoms with E-state index in [1.54, 1.807) is 17.0 Å². The fourth-order valence-electron chi connectivity index (χ4n) is 3.65. The van der Waals surface area contributed by atoms with Gasteiger partial charge in [-0.15, -0.1) is 0 Å². The smallest absolute Gasteiger partial charge is 0.209 e. The van der Waals surface area contributed by atoms with E-state index in [2.05, 4.69) is 42.1 Å². The number of piperidine rings is 1. The van der Waals surface area contributed by atoms with Crippen molar-refractivity contribution >= 4 is 23.8 Å². The molecule has 1 atom stereocenters. The van der Waals surface area contributed by atoms with E-state index in [9.17, 15) is 9.18 Å². The lowest BCUT2D eigenvalue weighted by atomic mass is 9.94. The molecule has 2 aromatic rings. The van der Waals surface area contributed by atoms with Gasteiger partial charge < -0.3 is 16.0 Å². The van der Waals surface area contributed by atoms with Crippen LogP contribution in [0.25, 0.3) is 0 Å². The highest BCUT2D eigenvalue weighted by Gasteiger charge is 2.23. The van der Waals surface area contributed by atoms with E-state index in [1.165, 1.54) is 18.5 Å². The second-order valence-corrected chi connectivity index (χ2v) is 9.23. The average Bonchev–Trinajstić information content (AvgIpc) is 2.78. The quantitative estimate of drug-likeness (QED) is 0.345. The molecule has 0 spiro atoms. The van der Waals surface area contributed by atoms with Gasteiger partial charge in [-0.2, -0.15) is 5.26 Å². The average molecular weight is 466 g/mol. The zero-order valence-corrected chi connectivity index (χ0v) is 20.1. The molecular weight excluding hydrogens is 433 g/mol. The maximum atomic E-state index is 14.1. The number of allylic oxidation sites excluding steroid dienone is 2. The van der Waals surface area contributed by atoms with Crippen LogP contribution in [-0.2, 0) is 4.79 Å². The van der Waals surface area contributed by atoms with Crippen LogP contribution >= 0.6 is 0 Å². The number of likely N-dealkylation sites (tertiary alicyclic amines) is 1. The number of benzene rings is 1. The summed E-state index contributed by atoms with van der Waals surface area (Å²) in [5, 5.41) is 20.0. The van der Waals surface area contributed by atoms with Crippen molar-refractivity contribution in [2.24, 2.45) is 5.41 Å². The van der Waals surface area contributed by atoms with Crippen LogP contribution in [-0.4, -0.2) is 46.1 Å². The van der Waals surface area contributed by atoms with Crippen LogP contribution in [0.3, 0.4) is 0 Å². The molecule has 1 unspecified atom stereocenters. The van der Waals surface area contributed by atoms with Gasteiger partial charge in [0.15, 0.2) is 0 Å². The van der Waals surface area contributed by atoms with E-state index in [4.69, 9.17) is 16.4 Å². The number of carbonyl (C=O) groups excluding carboxylic acids is 1. The Hall–Kier alpha value is -3.80. The molecule has 2 heterocycles. The van der Waals surface area contributed by atoms with Crippen molar-refractivity contribution in [1.82, 2.24) is 14.9 Å². The number of hydrogen-bond donors (Lipinski definition) is 3. The zero-order chi connectivity index (χ0) is 25.3. The minimum atomic E-state index is -0.508. The topological polar surface area (TPSA) is 132 Å². The lowest BCUT2D eigenvalue weighted by molar-refractivity contribution is -0.119. The van der Waals surface area contributed by atoms with E-state index < -0.39 is 5.82 Å². The van der Waals surface area contributed by atoms with E-state index in [-0.39, 0.29) is 34.1 Å². The Morgan fingerprint density at radius 2 is 2.06 bits per heavy atom. The molecule has 1 saturated heterocycles. The van der Waals surface area contributed by atoms with Gasteiger partial charge in [-0.1, -0.05) is 39.0 Å². The fraction of sp³-hybridized carbons (Fsp3) is 0.400. The molecule has 180 valence electrons. The molecule has 1 aliphatic heterocycles. The predicted octanol–water partition coefficient (Wildman–Crippen LogP) is 4.15. The Labute approximate surface area is 200 Å². The number of nitrogens with zero attached hydrogens (tertiary/aromatic N) is 4. The molecule has 4 N–H and O–H groups in total. The van der Waals surface area contributed by atoms with Crippen molar-refractivity contribution in [2.75, 3.05) is 24.1 Å². The minimum Gasteiger partial charge on any atom is -0.383 e. The highest BCUT2D eigenvalue weighted by molar-refractivity contribution is 6.16. The van der Waals surface area contributed by atoms with Gasteiger partial charge in [0.1, 0.15) is 23.8 Å². The molecule has 8 nitrogen and oxygen atoms in total. The predicted molar refractivity (Wildman–Crippen MR) is 132 cm³/mol. The van der Waals surface area contributed by atoms with Crippen LogP contribution in [0.15, 0.2) is 42.2 Å². The van der Waals surface area contributed by atoms with Crippen molar-refractivity contribution in [3.05, 3.63) is 59.2 Å². The van der Waals surface area contributed by atoms with E-state index in [0.29, 0.717) is 12.4 Å². The Balaban J connectivity index is 0.000000387. The van der Waals surface area contributed by atoms with Crippen LogP contribution in [0, 0.1) is 28.0 Å². The summed E-state index contributed by atoms with van der Waals surface area (Å²) in [7, 11) is 0. The molecule has 3 rings (SSSR count). The number of carbonyl (C=O) groups is 1. The number of nitrogens with one attached hydrogen (secondary N) is 2. The molecule has 1 aliphatic rings. The molecule has 0 bridgehead atoms. The van der Waals surface area contributed by atoms with Gasteiger partial charge in [-0.25, -0.2) is 14.4 Å². The Kier molecular flexibility index (Phi) is 9.25. The second kappa shape index (κ2) is 11.9. The lowest BCUT2D eigenvalue weighted by Gasteiger charge is -2.31. The largest absolute Gasteiger partial charge is 0.383 e. The number of nitrogen functional groups attached to an aromatic ring is 1. The van der Waals surface area contributed by atoms with Crippen LogP contribution in [0.5, 0.6) is 0 Å². The van der Waals surface area contributed by atoms with Crippen molar-refractivity contribution in [1.29, 1.82) is 10.7 Å². The molecular formula is C25H32FN7O. The number of halogens is 1. The first kappa shape index (κ1) is 26.5. The van der Waals surface area contributed by atoms with Crippen LogP contribution in [0.4, 0.5) is 16.0 Å². The molecule has 0 saturated carbocycles. The standard InChI is InChI=1S/C17H19FN6O.C8H13N/c18-13-6-2-1-5-12(13)15(19)14-16(20)21-9-22-17(14)23-11-4-3-7-24(8-11)10-25;1-7(6-9)5-8(2,3)4/h1-2,5-6,9-11,19H,3-4,7-8H2,(H3,20,21,22,23);5H,1-4H3/b;7-5-. The highest BCUT2D eigenvalue weighted by atomic mass is 19.1. The van der Waals surface area contributed by atoms with Gasteiger partial charge in [-0.3, -0.25) is 10.2 Å². The summed E-state index contributed by atoms with van der Waals surface area (Å²) in [5.41, 5.74) is 7.19. The molecule has 1 aromatic heterocycles. The second-order valence-electron chi connectivity index (χ2n) is 9.23. The molecule has 34 heavy (non-hydrogen) atoms. The molecule has 1 aromatic carbocycles. The van der Waals surface area contributed by atoms with E-state index in [0.717, 1.165) is 31.4 Å². The third-order valence-corrected chi connectivity index (χ3v) is 5.04. The van der Waals surface area contributed by atoms with Crippen LogP contribution in [0.1, 0.15) is 51.7 Å². The Morgan fingerprint density at radius 1 is 1.35 bits per heavy atom. The lowest BCUT2D eigenvalue weighted by Crippen LogP contribution is -2.41. The van der Waals surface area contributed by atoms with Gasteiger partial charge in [0, 0.05) is 30.3 Å². The van der Waals surface area contributed by atoms with Gasteiger partial charge in [0.05, 0.1) is 17.3 Å².